The van der Waals surface area contributed by atoms with Crippen LogP contribution in [0.3, 0.4) is 0 Å². The van der Waals surface area contributed by atoms with Crippen LogP contribution in [0.25, 0.3) is 11.3 Å². The van der Waals surface area contributed by atoms with Gasteiger partial charge in [-0.2, -0.15) is 0 Å². The van der Waals surface area contributed by atoms with Gasteiger partial charge in [0.2, 0.25) is 0 Å². The molecule has 0 saturated heterocycles. The molecule has 0 aliphatic carbocycles. The molecular formula is C12H15N3O3. The van der Waals surface area contributed by atoms with Gasteiger partial charge in [0.05, 0.1) is 25.5 Å². The number of aromatic amines is 2. The van der Waals surface area contributed by atoms with E-state index in [4.69, 9.17) is 15.2 Å². The Morgan fingerprint density at radius 3 is 2.61 bits per heavy atom. The molecule has 0 saturated carbocycles. The number of ether oxygens (including phenoxy) is 2. The minimum atomic E-state index is -0.217. The highest BCUT2D eigenvalue weighted by Gasteiger charge is 2.15. The van der Waals surface area contributed by atoms with E-state index in [1.807, 2.05) is 6.07 Å². The number of H-pyrrole nitrogens is 2. The summed E-state index contributed by atoms with van der Waals surface area (Å²) in [4.78, 5) is 11.5. The van der Waals surface area contributed by atoms with E-state index in [0.29, 0.717) is 22.8 Å². The lowest BCUT2D eigenvalue weighted by Gasteiger charge is -2.09. The molecule has 18 heavy (non-hydrogen) atoms. The number of nitrogens with one attached hydrogen (secondary N) is 2. The quantitative estimate of drug-likeness (QED) is 0.748. The highest BCUT2D eigenvalue weighted by molar-refractivity contribution is 5.70. The van der Waals surface area contributed by atoms with Crippen molar-refractivity contribution >= 4 is 0 Å². The highest BCUT2D eigenvalue weighted by atomic mass is 16.5. The molecule has 0 spiro atoms. The molecule has 96 valence electrons. The van der Waals surface area contributed by atoms with Crippen molar-refractivity contribution in [3.8, 4) is 22.8 Å². The number of hydrogen-bond acceptors (Lipinski definition) is 4. The van der Waals surface area contributed by atoms with Crippen molar-refractivity contribution in [1.82, 2.24) is 10.2 Å². The second-order valence-electron chi connectivity index (χ2n) is 3.70. The summed E-state index contributed by atoms with van der Waals surface area (Å²) in [6.45, 7) is 0.156. The molecule has 0 aliphatic heterocycles. The molecule has 1 heterocycles. The Labute approximate surface area is 104 Å². The van der Waals surface area contributed by atoms with Gasteiger partial charge in [0.25, 0.3) is 5.56 Å². The molecule has 6 nitrogen and oxygen atoms in total. The average Bonchev–Trinajstić information content (AvgIpc) is 2.78. The normalized spacial score (nSPS) is 10.4. The van der Waals surface area contributed by atoms with Crippen molar-refractivity contribution < 1.29 is 9.47 Å². The van der Waals surface area contributed by atoms with Gasteiger partial charge in [0.15, 0.2) is 0 Å². The first-order valence-electron chi connectivity index (χ1n) is 5.43. The van der Waals surface area contributed by atoms with Crippen LogP contribution in [-0.2, 0) is 6.54 Å². The molecule has 0 amide bonds. The van der Waals surface area contributed by atoms with E-state index < -0.39 is 0 Å². The maximum Gasteiger partial charge on any atom is 0.269 e. The Kier molecular flexibility index (Phi) is 3.38. The minimum absolute atomic E-state index is 0.156. The first kappa shape index (κ1) is 12.3. The molecule has 6 heteroatoms. The monoisotopic (exact) mass is 249 g/mol. The molecule has 2 rings (SSSR count). The third-order valence-corrected chi connectivity index (χ3v) is 2.76. The summed E-state index contributed by atoms with van der Waals surface area (Å²) in [5, 5.41) is 5.33. The van der Waals surface area contributed by atoms with E-state index in [-0.39, 0.29) is 12.1 Å². The van der Waals surface area contributed by atoms with E-state index in [0.717, 1.165) is 5.56 Å². The number of nitrogens with two attached hydrogens (primary N) is 1. The van der Waals surface area contributed by atoms with Crippen molar-refractivity contribution in [3.63, 3.8) is 0 Å². The molecule has 0 atom stereocenters. The molecule has 2 aromatic rings. The average molecular weight is 249 g/mol. The largest absolute Gasteiger partial charge is 0.497 e. The van der Waals surface area contributed by atoms with Crippen LogP contribution in [0.4, 0.5) is 0 Å². The highest BCUT2D eigenvalue weighted by Crippen LogP contribution is 2.32. The molecule has 1 aromatic carbocycles. The van der Waals surface area contributed by atoms with Gasteiger partial charge >= 0.3 is 0 Å². The second kappa shape index (κ2) is 4.97. The fraction of sp³-hybridized carbons (Fsp3) is 0.250. The Morgan fingerprint density at radius 2 is 2.00 bits per heavy atom. The molecule has 1 aromatic heterocycles. The molecule has 0 unspecified atom stereocenters. The van der Waals surface area contributed by atoms with Crippen molar-refractivity contribution in [3.05, 3.63) is 34.1 Å². The number of benzene rings is 1. The maximum absolute atomic E-state index is 11.5. The predicted molar refractivity (Wildman–Crippen MR) is 67.8 cm³/mol. The fourth-order valence-electron chi connectivity index (χ4n) is 1.81. The van der Waals surface area contributed by atoms with Gasteiger partial charge in [-0.1, -0.05) is 0 Å². The van der Waals surface area contributed by atoms with Crippen molar-refractivity contribution in [2.24, 2.45) is 5.73 Å². The van der Waals surface area contributed by atoms with Gasteiger partial charge < -0.3 is 15.2 Å². The van der Waals surface area contributed by atoms with Crippen LogP contribution < -0.4 is 20.8 Å². The Bertz CT molecular complexity index is 601. The van der Waals surface area contributed by atoms with E-state index >= 15 is 0 Å². The Hall–Kier alpha value is -2.21. The number of rotatable bonds is 4. The Balaban J connectivity index is 2.59. The summed E-state index contributed by atoms with van der Waals surface area (Å²) in [5.41, 5.74) is 7.26. The van der Waals surface area contributed by atoms with Crippen molar-refractivity contribution in [2.45, 2.75) is 6.54 Å². The molecule has 4 N–H and O–H groups in total. The van der Waals surface area contributed by atoms with Crippen molar-refractivity contribution in [1.29, 1.82) is 0 Å². The van der Waals surface area contributed by atoms with Crippen molar-refractivity contribution in [2.75, 3.05) is 14.2 Å². The van der Waals surface area contributed by atoms with Crippen LogP contribution in [0.15, 0.2) is 23.0 Å². The third-order valence-electron chi connectivity index (χ3n) is 2.76. The second-order valence-corrected chi connectivity index (χ2v) is 3.70. The van der Waals surface area contributed by atoms with Crippen LogP contribution >= 0.6 is 0 Å². The molecular weight excluding hydrogens is 234 g/mol. The summed E-state index contributed by atoms with van der Waals surface area (Å²) >= 11 is 0. The number of hydrogen-bond donors (Lipinski definition) is 3. The summed E-state index contributed by atoms with van der Waals surface area (Å²) in [6.07, 6.45) is 0. The lowest BCUT2D eigenvalue weighted by molar-refractivity contribution is 0.395. The first-order chi connectivity index (χ1) is 8.71. The first-order valence-corrected chi connectivity index (χ1v) is 5.43. The zero-order valence-corrected chi connectivity index (χ0v) is 10.2. The molecule has 0 radical (unpaired) electrons. The fourth-order valence-corrected chi connectivity index (χ4v) is 1.81. The summed E-state index contributed by atoms with van der Waals surface area (Å²) in [6, 6.07) is 5.36. The zero-order valence-electron chi connectivity index (χ0n) is 10.2. The summed E-state index contributed by atoms with van der Waals surface area (Å²) < 4.78 is 10.4. The van der Waals surface area contributed by atoms with Gasteiger partial charge in [0, 0.05) is 18.2 Å². The predicted octanol–water partition coefficient (Wildman–Crippen LogP) is 0.846. The van der Waals surface area contributed by atoms with E-state index in [1.54, 1.807) is 26.4 Å². The number of aromatic nitrogens is 2. The number of methoxy groups -OCH3 is 2. The van der Waals surface area contributed by atoms with E-state index in [2.05, 4.69) is 10.2 Å². The SMILES string of the molecule is COc1ccc(-c2[nH][nH]c(=O)c2CN)c(OC)c1. The van der Waals surface area contributed by atoms with E-state index in [1.165, 1.54) is 0 Å². The van der Waals surface area contributed by atoms with E-state index in [9.17, 15) is 4.79 Å². The van der Waals surface area contributed by atoms with Crippen LogP contribution in [-0.4, -0.2) is 24.4 Å². The minimum Gasteiger partial charge on any atom is -0.497 e. The smallest absolute Gasteiger partial charge is 0.269 e. The maximum atomic E-state index is 11.5. The van der Waals surface area contributed by atoms with Crippen LogP contribution in [0.5, 0.6) is 11.5 Å². The summed E-state index contributed by atoms with van der Waals surface area (Å²) in [7, 11) is 3.14. The van der Waals surface area contributed by atoms with Gasteiger partial charge in [-0.25, -0.2) is 0 Å². The molecule has 0 bridgehead atoms. The lowest BCUT2D eigenvalue weighted by atomic mass is 10.1. The van der Waals surface area contributed by atoms with Crippen LogP contribution in [0.2, 0.25) is 0 Å². The molecule has 0 aliphatic rings. The lowest BCUT2D eigenvalue weighted by Crippen LogP contribution is -2.10. The zero-order chi connectivity index (χ0) is 13.1. The molecule has 0 fully saturated rings. The van der Waals surface area contributed by atoms with Gasteiger partial charge in [-0.15, -0.1) is 0 Å². The van der Waals surface area contributed by atoms with Gasteiger partial charge in [-0.3, -0.25) is 15.0 Å². The third kappa shape index (κ3) is 1.98. The van der Waals surface area contributed by atoms with Crippen LogP contribution in [0.1, 0.15) is 5.56 Å². The van der Waals surface area contributed by atoms with Gasteiger partial charge in [-0.05, 0) is 12.1 Å². The summed E-state index contributed by atoms with van der Waals surface area (Å²) in [5.74, 6) is 1.29. The van der Waals surface area contributed by atoms with Gasteiger partial charge in [0.1, 0.15) is 11.5 Å². The standard InChI is InChI=1S/C12H15N3O3/c1-17-7-3-4-8(10(5-7)18-2)11-9(6-13)12(16)15-14-11/h3-5H,6,13H2,1-2H3,(H2,14,15,16). The Morgan fingerprint density at radius 1 is 1.22 bits per heavy atom. The van der Waals surface area contributed by atoms with Crippen LogP contribution in [0, 0.1) is 0 Å². The topological polar surface area (TPSA) is 93.1 Å².